The quantitative estimate of drug-likeness (QED) is 0.426. The summed E-state index contributed by atoms with van der Waals surface area (Å²) in [4.78, 5) is 16.5. The molecule has 33 heavy (non-hydrogen) atoms. The van der Waals surface area contributed by atoms with Crippen LogP contribution >= 0.6 is 0 Å². The molecule has 0 aliphatic carbocycles. The number of ether oxygens (including phenoxy) is 2. The summed E-state index contributed by atoms with van der Waals surface area (Å²) in [7, 11) is 1.63. The summed E-state index contributed by atoms with van der Waals surface area (Å²) in [5.41, 5.74) is 4.06. The first-order valence-corrected chi connectivity index (χ1v) is 11.1. The summed E-state index contributed by atoms with van der Waals surface area (Å²) in [6.45, 7) is 0.276. The largest absolute Gasteiger partial charge is 0.497 e. The van der Waals surface area contributed by atoms with Gasteiger partial charge in [-0.2, -0.15) is 0 Å². The van der Waals surface area contributed by atoms with Crippen molar-refractivity contribution in [1.82, 2.24) is 0 Å². The van der Waals surface area contributed by atoms with Crippen molar-refractivity contribution in [3.05, 3.63) is 125 Å². The predicted octanol–water partition coefficient (Wildman–Crippen LogP) is 5.51. The number of hydrogen-bond donors (Lipinski definition) is 0. The number of benzene rings is 4. The lowest BCUT2D eigenvalue weighted by molar-refractivity contribution is -0.122. The summed E-state index contributed by atoms with van der Waals surface area (Å²) in [5.74, 6) is 1.45. The number of hydrogen-bond acceptors (Lipinski definition) is 3. The molecule has 4 aromatic carbocycles. The first kappa shape index (κ1) is 19.6. The van der Waals surface area contributed by atoms with Crippen LogP contribution in [-0.2, 0) is 10.2 Å². The van der Waals surface area contributed by atoms with Gasteiger partial charge in [-0.1, -0.05) is 84.9 Å². The number of methoxy groups -OCH3 is 1. The Kier molecular flexibility index (Phi) is 4.47. The van der Waals surface area contributed by atoms with E-state index in [2.05, 4.69) is 30.3 Å². The van der Waals surface area contributed by atoms with E-state index in [1.54, 1.807) is 7.11 Å². The van der Waals surface area contributed by atoms with Crippen LogP contribution in [0.15, 0.2) is 103 Å². The van der Waals surface area contributed by atoms with Gasteiger partial charge in [-0.3, -0.25) is 9.69 Å². The Balaban J connectivity index is 1.58. The maximum absolute atomic E-state index is 14.5. The molecular weight excluding hydrogens is 410 g/mol. The molecule has 0 fully saturated rings. The zero-order valence-corrected chi connectivity index (χ0v) is 18.3. The van der Waals surface area contributed by atoms with Gasteiger partial charge in [0, 0.05) is 17.3 Å². The highest BCUT2D eigenvalue weighted by molar-refractivity contribution is 6.12. The molecule has 0 saturated carbocycles. The van der Waals surface area contributed by atoms with Gasteiger partial charge in [0.05, 0.1) is 13.2 Å². The average Bonchev–Trinajstić information content (AvgIpc) is 3.38. The van der Waals surface area contributed by atoms with Gasteiger partial charge in [0.15, 0.2) is 0 Å². The number of amides is 1. The third-order valence-corrected chi connectivity index (χ3v) is 6.79. The molecule has 0 bridgehead atoms. The number of carbonyl (C=O) groups is 1. The van der Waals surface area contributed by atoms with Gasteiger partial charge in [-0.05, 0) is 28.8 Å². The zero-order chi connectivity index (χ0) is 22.4. The zero-order valence-electron chi connectivity index (χ0n) is 18.3. The molecule has 0 radical (unpaired) electrons. The molecule has 1 spiro atoms. The number of rotatable bonds is 4. The van der Waals surface area contributed by atoms with Crippen LogP contribution in [0.3, 0.4) is 0 Å². The fourth-order valence-electron chi connectivity index (χ4n) is 5.26. The van der Waals surface area contributed by atoms with Crippen LogP contribution < -0.4 is 14.4 Å². The van der Waals surface area contributed by atoms with Gasteiger partial charge >= 0.3 is 0 Å². The number of fused-ring (bicyclic) bond motifs is 4. The second kappa shape index (κ2) is 7.52. The molecule has 4 heteroatoms. The SMILES string of the molecule is COc1ccc2c(c1)OCC21C(=O)N(C(c2ccccc2)c2ccccc2)c2ccccc21. The van der Waals surface area contributed by atoms with Crippen LogP contribution in [0.4, 0.5) is 5.69 Å². The van der Waals surface area contributed by atoms with Gasteiger partial charge in [-0.15, -0.1) is 0 Å². The van der Waals surface area contributed by atoms with Crippen LogP contribution in [0.5, 0.6) is 11.5 Å². The predicted molar refractivity (Wildman–Crippen MR) is 128 cm³/mol. The summed E-state index contributed by atoms with van der Waals surface area (Å²) >= 11 is 0. The topological polar surface area (TPSA) is 38.8 Å². The smallest absolute Gasteiger partial charge is 0.246 e. The van der Waals surface area contributed by atoms with Crippen molar-refractivity contribution in [1.29, 1.82) is 0 Å². The van der Waals surface area contributed by atoms with E-state index >= 15 is 0 Å². The van der Waals surface area contributed by atoms with Crippen LogP contribution in [0.1, 0.15) is 28.3 Å². The molecule has 162 valence electrons. The van der Waals surface area contributed by atoms with Gasteiger partial charge in [0.1, 0.15) is 23.5 Å². The molecule has 4 nitrogen and oxygen atoms in total. The van der Waals surface area contributed by atoms with Crippen molar-refractivity contribution in [2.24, 2.45) is 0 Å². The number of carbonyl (C=O) groups excluding carboxylic acids is 1. The second-order valence-electron chi connectivity index (χ2n) is 8.47. The van der Waals surface area contributed by atoms with E-state index < -0.39 is 5.41 Å². The van der Waals surface area contributed by atoms with Crippen LogP contribution in [0.25, 0.3) is 0 Å². The second-order valence-corrected chi connectivity index (χ2v) is 8.47. The van der Waals surface area contributed by atoms with E-state index in [1.165, 1.54) is 0 Å². The molecule has 2 heterocycles. The Hall–Kier alpha value is -4.05. The molecule has 6 rings (SSSR count). The van der Waals surface area contributed by atoms with Gasteiger partial charge in [-0.25, -0.2) is 0 Å². The van der Waals surface area contributed by atoms with Crippen molar-refractivity contribution in [2.45, 2.75) is 11.5 Å². The highest BCUT2D eigenvalue weighted by atomic mass is 16.5. The van der Waals surface area contributed by atoms with E-state index in [0.717, 1.165) is 27.9 Å². The number of anilines is 1. The van der Waals surface area contributed by atoms with Gasteiger partial charge < -0.3 is 9.47 Å². The van der Waals surface area contributed by atoms with Crippen molar-refractivity contribution in [3.8, 4) is 11.5 Å². The highest BCUT2D eigenvalue weighted by Crippen LogP contribution is 2.55. The summed E-state index contributed by atoms with van der Waals surface area (Å²) in [5, 5.41) is 0. The number of para-hydroxylation sites is 1. The van der Waals surface area contributed by atoms with Crippen LogP contribution in [-0.4, -0.2) is 19.6 Å². The maximum Gasteiger partial charge on any atom is 0.246 e. The first-order valence-electron chi connectivity index (χ1n) is 11.1. The van der Waals surface area contributed by atoms with Crippen molar-refractivity contribution in [3.63, 3.8) is 0 Å². The van der Waals surface area contributed by atoms with Crippen molar-refractivity contribution >= 4 is 11.6 Å². The van der Waals surface area contributed by atoms with Crippen molar-refractivity contribution < 1.29 is 14.3 Å². The third kappa shape index (κ3) is 2.80. The maximum atomic E-state index is 14.5. The fourth-order valence-corrected chi connectivity index (χ4v) is 5.26. The Morgan fingerprint density at radius 1 is 0.818 bits per heavy atom. The molecule has 0 aromatic heterocycles. The Morgan fingerprint density at radius 3 is 2.12 bits per heavy atom. The van der Waals surface area contributed by atoms with Crippen LogP contribution in [0, 0.1) is 0 Å². The molecule has 2 aliphatic heterocycles. The Bertz CT molecular complexity index is 1300. The first-order chi connectivity index (χ1) is 16.2. The van der Waals surface area contributed by atoms with Gasteiger partial charge in [0.25, 0.3) is 0 Å². The standard InChI is InChI=1S/C29H23NO3/c1-32-22-16-17-24-26(18-22)33-19-29(24)23-14-8-9-15-25(23)30(28(29)31)27(20-10-4-2-5-11-20)21-12-6-3-7-13-21/h2-18,27H,19H2,1H3. The van der Waals surface area contributed by atoms with Gasteiger partial charge in [0.2, 0.25) is 5.91 Å². The summed E-state index contributed by atoms with van der Waals surface area (Å²) in [6, 6.07) is 34.0. The van der Waals surface area contributed by atoms with Crippen LogP contribution in [0.2, 0.25) is 0 Å². The molecule has 0 saturated heterocycles. The average molecular weight is 434 g/mol. The summed E-state index contributed by atoms with van der Waals surface area (Å²) in [6.07, 6.45) is 0. The lowest BCUT2D eigenvalue weighted by atomic mass is 9.77. The lowest BCUT2D eigenvalue weighted by Gasteiger charge is -2.31. The lowest BCUT2D eigenvalue weighted by Crippen LogP contribution is -2.44. The van der Waals surface area contributed by atoms with E-state index in [-0.39, 0.29) is 18.6 Å². The van der Waals surface area contributed by atoms with E-state index in [4.69, 9.17) is 9.47 Å². The molecule has 0 N–H and O–H groups in total. The molecule has 1 unspecified atom stereocenters. The molecule has 1 amide bonds. The minimum Gasteiger partial charge on any atom is -0.497 e. The minimum absolute atomic E-state index is 0.0327. The minimum atomic E-state index is -0.875. The Labute approximate surface area is 193 Å². The monoisotopic (exact) mass is 433 g/mol. The van der Waals surface area contributed by atoms with E-state index in [0.29, 0.717) is 11.5 Å². The third-order valence-electron chi connectivity index (χ3n) is 6.79. The van der Waals surface area contributed by atoms with Crippen molar-refractivity contribution in [2.75, 3.05) is 18.6 Å². The molecular formula is C29H23NO3. The molecule has 4 aromatic rings. The normalized spacial score (nSPS) is 18.4. The Morgan fingerprint density at radius 2 is 1.45 bits per heavy atom. The van der Waals surface area contributed by atoms with E-state index in [1.807, 2.05) is 77.7 Å². The summed E-state index contributed by atoms with van der Waals surface area (Å²) < 4.78 is 11.5. The molecule has 1 atom stereocenters. The van der Waals surface area contributed by atoms with E-state index in [9.17, 15) is 4.79 Å². The molecule has 2 aliphatic rings. The number of nitrogens with zero attached hydrogens (tertiary/aromatic N) is 1. The fraction of sp³-hybridized carbons (Fsp3) is 0.138. The highest BCUT2D eigenvalue weighted by Gasteiger charge is 2.58.